The Morgan fingerprint density at radius 3 is 2.79 bits per heavy atom. The summed E-state index contributed by atoms with van der Waals surface area (Å²) in [5.41, 5.74) is 4.89. The lowest BCUT2D eigenvalue weighted by Gasteiger charge is -1.96. The van der Waals surface area contributed by atoms with Crippen LogP contribution in [-0.2, 0) is 0 Å². The first kappa shape index (κ1) is 12.6. The Kier molecular flexibility index (Phi) is 3.50. The summed E-state index contributed by atoms with van der Waals surface area (Å²) in [6, 6.07) is 11.9. The van der Waals surface area contributed by atoms with Gasteiger partial charge in [-0.3, -0.25) is 5.43 Å². The second-order valence-electron chi connectivity index (χ2n) is 3.90. The smallest absolute Gasteiger partial charge is 0.204 e. The van der Waals surface area contributed by atoms with E-state index in [1.807, 2.05) is 43.3 Å². The van der Waals surface area contributed by atoms with Crippen LogP contribution >= 0.6 is 34.3 Å². The van der Waals surface area contributed by atoms with Crippen molar-refractivity contribution in [2.45, 2.75) is 6.92 Å². The van der Waals surface area contributed by atoms with Crippen LogP contribution in [-0.4, -0.2) is 10.7 Å². The third kappa shape index (κ3) is 2.78. The van der Waals surface area contributed by atoms with Gasteiger partial charge in [0.2, 0.25) is 5.13 Å². The highest BCUT2D eigenvalue weighted by atomic mass is 35.5. The molecule has 0 aliphatic carbocycles. The molecule has 0 bridgehead atoms. The normalized spacial score (nSPS) is 12.0. The van der Waals surface area contributed by atoms with E-state index in [2.05, 4.69) is 15.5 Å². The summed E-state index contributed by atoms with van der Waals surface area (Å²) in [4.78, 5) is 5.52. The Hall–Kier alpha value is -1.43. The number of hydrogen-bond acceptors (Lipinski definition) is 5. The number of halogens is 1. The van der Waals surface area contributed by atoms with Gasteiger partial charge in [0, 0.05) is 0 Å². The van der Waals surface area contributed by atoms with Crippen molar-refractivity contribution in [3.8, 4) is 0 Å². The number of nitrogens with zero attached hydrogens (tertiary/aromatic N) is 2. The molecule has 0 atom stereocenters. The molecule has 1 aromatic carbocycles. The van der Waals surface area contributed by atoms with Crippen molar-refractivity contribution in [1.29, 1.82) is 0 Å². The summed E-state index contributed by atoms with van der Waals surface area (Å²) in [5, 5.41) is 5.13. The molecule has 0 aliphatic rings. The number of nitrogens with one attached hydrogen (secondary N) is 1. The Morgan fingerprint density at radius 1 is 1.21 bits per heavy atom. The minimum absolute atomic E-state index is 0.768. The van der Waals surface area contributed by atoms with E-state index in [0.29, 0.717) is 0 Å². The average molecular weight is 308 g/mol. The molecule has 6 heteroatoms. The number of para-hydroxylation sites is 1. The fraction of sp³-hybridized carbons (Fsp3) is 0.0769. The number of thiophene rings is 1. The minimum Gasteiger partial charge on any atom is -0.252 e. The largest absolute Gasteiger partial charge is 0.252 e. The fourth-order valence-electron chi connectivity index (χ4n) is 1.62. The highest BCUT2D eigenvalue weighted by molar-refractivity contribution is 7.22. The minimum atomic E-state index is 0.768. The molecule has 3 rings (SSSR count). The topological polar surface area (TPSA) is 37.3 Å². The van der Waals surface area contributed by atoms with Gasteiger partial charge in [0.1, 0.15) is 0 Å². The first-order valence-electron chi connectivity index (χ1n) is 5.64. The van der Waals surface area contributed by atoms with Gasteiger partial charge in [0.25, 0.3) is 0 Å². The Labute approximate surface area is 123 Å². The lowest BCUT2D eigenvalue weighted by atomic mass is 10.3. The lowest BCUT2D eigenvalue weighted by Crippen LogP contribution is -1.96. The van der Waals surface area contributed by atoms with E-state index in [9.17, 15) is 0 Å². The summed E-state index contributed by atoms with van der Waals surface area (Å²) in [5.74, 6) is 0. The highest BCUT2D eigenvalue weighted by Gasteiger charge is 2.04. The molecule has 96 valence electrons. The summed E-state index contributed by atoms with van der Waals surface area (Å²) in [6.07, 6.45) is 0. The molecule has 0 fully saturated rings. The maximum Gasteiger partial charge on any atom is 0.204 e. The molecule has 3 nitrogen and oxygen atoms in total. The van der Waals surface area contributed by atoms with Crippen LogP contribution in [0.3, 0.4) is 0 Å². The summed E-state index contributed by atoms with van der Waals surface area (Å²) in [7, 11) is 0. The third-order valence-electron chi connectivity index (χ3n) is 2.54. The summed E-state index contributed by atoms with van der Waals surface area (Å²) in [6.45, 7) is 1.95. The molecule has 0 spiro atoms. The Morgan fingerprint density at radius 2 is 2.05 bits per heavy atom. The zero-order valence-electron chi connectivity index (χ0n) is 10.1. The molecule has 2 aromatic heterocycles. The van der Waals surface area contributed by atoms with Crippen LogP contribution in [0.5, 0.6) is 0 Å². The van der Waals surface area contributed by atoms with Crippen LogP contribution in [0.15, 0.2) is 41.5 Å². The zero-order chi connectivity index (χ0) is 13.2. The van der Waals surface area contributed by atoms with Gasteiger partial charge in [0.05, 0.1) is 25.1 Å². The number of hydrazone groups is 1. The van der Waals surface area contributed by atoms with E-state index in [4.69, 9.17) is 11.6 Å². The van der Waals surface area contributed by atoms with E-state index in [1.54, 1.807) is 11.3 Å². The van der Waals surface area contributed by atoms with Crippen molar-refractivity contribution >= 4 is 55.3 Å². The number of thiazole rings is 1. The van der Waals surface area contributed by atoms with Crippen LogP contribution in [0.25, 0.3) is 10.2 Å². The van der Waals surface area contributed by atoms with Gasteiger partial charge in [-0.25, -0.2) is 4.98 Å². The standard InChI is InChI=1S/C13H10ClN3S2/c1-8(10-6-7-12(14)18-10)16-17-13-15-9-4-2-3-5-11(9)19-13/h2-7H,1H3,(H,15,17)/b16-8+. The second kappa shape index (κ2) is 5.28. The van der Waals surface area contributed by atoms with Gasteiger partial charge in [-0.05, 0) is 31.2 Å². The number of benzene rings is 1. The molecule has 0 unspecified atom stereocenters. The van der Waals surface area contributed by atoms with Crippen molar-refractivity contribution in [3.05, 3.63) is 45.6 Å². The van der Waals surface area contributed by atoms with Gasteiger partial charge in [-0.15, -0.1) is 11.3 Å². The molecule has 0 saturated carbocycles. The maximum atomic E-state index is 5.91. The van der Waals surface area contributed by atoms with Crippen molar-refractivity contribution in [1.82, 2.24) is 4.98 Å². The molecular formula is C13H10ClN3S2. The van der Waals surface area contributed by atoms with E-state index >= 15 is 0 Å². The molecule has 2 heterocycles. The molecule has 1 N–H and O–H groups in total. The number of rotatable bonds is 3. The van der Waals surface area contributed by atoms with Gasteiger partial charge in [-0.1, -0.05) is 35.1 Å². The summed E-state index contributed by atoms with van der Waals surface area (Å²) < 4.78 is 1.92. The van der Waals surface area contributed by atoms with E-state index < -0.39 is 0 Å². The van der Waals surface area contributed by atoms with Gasteiger partial charge in [-0.2, -0.15) is 5.10 Å². The fourth-order valence-corrected chi connectivity index (χ4v) is 3.41. The summed E-state index contributed by atoms with van der Waals surface area (Å²) >= 11 is 9.01. The Balaban J connectivity index is 1.81. The molecule has 0 amide bonds. The maximum absolute atomic E-state index is 5.91. The molecule has 0 aliphatic heterocycles. The number of hydrogen-bond donors (Lipinski definition) is 1. The Bertz CT molecular complexity index is 712. The predicted octanol–water partition coefficient (Wildman–Crippen LogP) is 4.85. The molecule has 0 radical (unpaired) electrons. The second-order valence-corrected chi connectivity index (χ2v) is 6.65. The van der Waals surface area contributed by atoms with Gasteiger partial charge < -0.3 is 0 Å². The van der Waals surface area contributed by atoms with Gasteiger partial charge >= 0.3 is 0 Å². The van der Waals surface area contributed by atoms with Crippen molar-refractivity contribution in [2.24, 2.45) is 5.10 Å². The van der Waals surface area contributed by atoms with E-state index in [0.717, 1.165) is 30.3 Å². The van der Waals surface area contributed by atoms with Crippen molar-refractivity contribution in [3.63, 3.8) is 0 Å². The van der Waals surface area contributed by atoms with Crippen LogP contribution in [0, 0.1) is 0 Å². The van der Waals surface area contributed by atoms with Crippen LogP contribution < -0.4 is 5.43 Å². The number of aromatic nitrogens is 1. The first-order chi connectivity index (χ1) is 9.22. The predicted molar refractivity (Wildman–Crippen MR) is 84.8 cm³/mol. The molecule has 19 heavy (non-hydrogen) atoms. The average Bonchev–Trinajstić information content (AvgIpc) is 3.01. The van der Waals surface area contributed by atoms with Crippen LogP contribution in [0.4, 0.5) is 5.13 Å². The SMILES string of the molecule is C/C(=N\Nc1nc2ccccc2s1)c1ccc(Cl)s1. The van der Waals surface area contributed by atoms with Crippen molar-refractivity contribution in [2.75, 3.05) is 5.43 Å². The zero-order valence-corrected chi connectivity index (χ0v) is 12.4. The quantitative estimate of drug-likeness (QED) is 0.555. The van der Waals surface area contributed by atoms with E-state index in [1.165, 1.54) is 11.3 Å². The van der Waals surface area contributed by atoms with Gasteiger partial charge in [0.15, 0.2) is 0 Å². The van der Waals surface area contributed by atoms with Crippen LogP contribution in [0.1, 0.15) is 11.8 Å². The monoisotopic (exact) mass is 307 g/mol. The molecule has 3 aromatic rings. The molecular weight excluding hydrogens is 298 g/mol. The molecule has 0 saturated heterocycles. The first-order valence-corrected chi connectivity index (χ1v) is 7.65. The van der Waals surface area contributed by atoms with Crippen molar-refractivity contribution < 1.29 is 0 Å². The van der Waals surface area contributed by atoms with Crippen LogP contribution in [0.2, 0.25) is 4.34 Å². The number of anilines is 1. The highest BCUT2D eigenvalue weighted by Crippen LogP contribution is 2.26. The lowest BCUT2D eigenvalue weighted by molar-refractivity contribution is 1.29. The van der Waals surface area contributed by atoms with E-state index in [-0.39, 0.29) is 0 Å². The third-order valence-corrected chi connectivity index (χ3v) is 4.82. The number of fused-ring (bicyclic) bond motifs is 1.